The molecule has 0 aliphatic heterocycles. The maximum atomic E-state index is 12.1. The van der Waals surface area contributed by atoms with Crippen LogP contribution in [0.2, 0.25) is 10.0 Å². The molecule has 128 valence electrons. The van der Waals surface area contributed by atoms with Gasteiger partial charge in [-0.1, -0.05) is 47.5 Å². The summed E-state index contributed by atoms with van der Waals surface area (Å²) < 4.78 is 0. The van der Waals surface area contributed by atoms with Crippen LogP contribution in [0.1, 0.15) is 11.1 Å². The lowest BCUT2D eigenvalue weighted by Crippen LogP contribution is -2.16. The van der Waals surface area contributed by atoms with Gasteiger partial charge in [-0.15, -0.1) is 0 Å². The highest BCUT2D eigenvalue weighted by molar-refractivity contribution is 6.36. The van der Waals surface area contributed by atoms with E-state index >= 15 is 0 Å². The van der Waals surface area contributed by atoms with Gasteiger partial charge in [0.2, 0.25) is 0 Å². The Kier molecular flexibility index (Phi) is 6.84. The number of hydrogen-bond donors (Lipinski definition) is 3. The summed E-state index contributed by atoms with van der Waals surface area (Å²) in [5.41, 5.74) is 2.05. The lowest BCUT2D eigenvalue weighted by atomic mass is 10.1. The van der Waals surface area contributed by atoms with Crippen molar-refractivity contribution < 1.29 is 9.90 Å². The number of anilines is 1. The van der Waals surface area contributed by atoms with Crippen LogP contribution in [-0.4, -0.2) is 11.0 Å². The predicted octanol–water partition coefficient (Wildman–Crippen LogP) is 3.62. The summed E-state index contributed by atoms with van der Waals surface area (Å²) >= 11 is 11.8. The van der Waals surface area contributed by atoms with E-state index in [2.05, 4.69) is 10.6 Å². The lowest BCUT2D eigenvalue weighted by Gasteiger charge is -2.07. The molecule has 0 atom stereocenters. The summed E-state index contributed by atoms with van der Waals surface area (Å²) in [5, 5.41) is 24.4. The number of halogens is 2. The number of nitrogens with one attached hydrogen (secondary N) is 2. The number of hydrogen-bond acceptors (Lipinski definition) is 4. The topological polar surface area (TPSA) is 85.2 Å². The first-order valence-corrected chi connectivity index (χ1v) is 8.08. The smallest absolute Gasteiger partial charge is 0.267 e. The van der Waals surface area contributed by atoms with Crippen molar-refractivity contribution >= 4 is 34.8 Å². The highest BCUT2D eigenvalue weighted by Gasteiger charge is 2.11. The standard InChI is InChI=1S/C18H15Cl2N3O2/c19-15-5-6-17(16(20)7-15)23-18(25)14(8-21)10-22-9-12-1-3-13(11-24)4-2-12/h1-7,10,22,24H,9,11H2,(H,23,25)/b14-10-. The van der Waals surface area contributed by atoms with Crippen molar-refractivity contribution in [3.8, 4) is 6.07 Å². The number of rotatable bonds is 6. The quantitative estimate of drug-likeness (QED) is 0.531. The zero-order valence-corrected chi connectivity index (χ0v) is 14.6. The molecular formula is C18H15Cl2N3O2. The Morgan fingerprint density at radius 2 is 1.84 bits per heavy atom. The monoisotopic (exact) mass is 375 g/mol. The predicted molar refractivity (Wildman–Crippen MR) is 98.0 cm³/mol. The third kappa shape index (κ3) is 5.50. The van der Waals surface area contributed by atoms with Crippen molar-refractivity contribution in [1.29, 1.82) is 5.26 Å². The van der Waals surface area contributed by atoms with Crippen molar-refractivity contribution in [2.24, 2.45) is 0 Å². The van der Waals surface area contributed by atoms with Crippen molar-refractivity contribution in [3.05, 3.63) is 75.4 Å². The van der Waals surface area contributed by atoms with Crippen LogP contribution in [0.4, 0.5) is 5.69 Å². The Morgan fingerprint density at radius 1 is 1.16 bits per heavy atom. The molecule has 7 heteroatoms. The van der Waals surface area contributed by atoms with E-state index in [-0.39, 0.29) is 17.2 Å². The van der Waals surface area contributed by atoms with E-state index < -0.39 is 5.91 Å². The van der Waals surface area contributed by atoms with Gasteiger partial charge in [0.05, 0.1) is 17.3 Å². The van der Waals surface area contributed by atoms with Gasteiger partial charge in [0.25, 0.3) is 5.91 Å². The van der Waals surface area contributed by atoms with Crippen LogP contribution < -0.4 is 10.6 Å². The first kappa shape index (κ1) is 18.8. The second-order valence-electron chi connectivity index (χ2n) is 5.10. The Hall–Kier alpha value is -2.52. The Bertz CT molecular complexity index is 827. The molecule has 0 radical (unpaired) electrons. The van der Waals surface area contributed by atoms with E-state index in [1.807, 2.05) is 18.2 Å². The van der Waals surface area contributed by atoms with Crippen molar-refractivity contribution in [1.82, 2.24) is 5.32 Å². The van der Waals surface area contributed by atoms with E-state index in [1.165, 1.54) is 12.3 Å². The summed E-state index contributed by atoms with van der Waals surface area (Å²) in [4.78, 5) is 12.1. The van der Waals surface area contributed by atoms with Gasteiger partial charge in [0.1, 0.15) is 11.6 Å². The molecule has 0 heterocycles. The van der Waals surface area contributed by atoms with Gasteiger partial charge in [0, 0.05) is 17.8 Å². The van der Waals surface area contributed by atoms with Crippen molar-refractivity contribution in [2.75, 3.05) is 5.32 Å². The fourth-order valence-corrected chi connectivity index (χ4v) is 2.42. The number of aliphatic hydroxyl groups excluding tert-OH is 1. The van der Waals surface area contributed by atoms with E-state index in [0.717, 1.165) is 11.1 Å². The maximum Gasteiger partial charge on any atom is 0.267 e. The van der Waals surface area contributed by atoms with Crippen LogP contribution in [0.3, 0.4) is 0 Å². The molecule has 0 aromatic heterocycles. The number of amides is 1. The minimum Gasteiger partial charge on any atom is -0.392 e. The van der Waals surface area contributed by atoms with Crippen LogP contribution in [0.25, 0.3) is 0 Å². The molecule has 0 bridgehead atoms. The zero-order chi connectivity index (χ0) is 18.2. The van der Waals surface area contributed by atoms with E-state index in [9.17, 15) is 4.79 Å². The van der Waals surface area contributed by atoms with Crippen molar-refractivity contribution in [2.45, 2.75) is 13.2 Å². The summed E-state index contributed by atoms with van der Waals surface area (Å²) in [7, 11) is 0. The molecule has 1 amide bonds. The number of nitrogens with zero attached hydrogens (tertiary/aromatic N) is 1. The van der Waals surface area contributed by atoms with E-state index in [4.69, 9.17) is 33.6 Å². The van der Waals surface area contributed by atoms with Gasteiger partial charge in [-0.3, -0.25) is 4.79 Å². The lowest BCUT2D eigenvalue weighted by molar-refractivity contribution is -0.112. The third-order valence-corrected chi connectivity index (χ3v) is 3.85. The van der Waals surface area contributed by atoms with Gasteiger partial charge < -0.3 is 15.7 Å². The minimum absolute atomic E-state index is 0.0143. The number of aliphatic hydroxyl groups is 1. The maximum absolute atomic E-state index is 12.1. The minimum atomic E-state index is -0.574. The second kappa shape index (κ2) is 9.09. The van der Waals surface area contributed by atoms with Gasteiger partial charge in [0.15, 0.2) is 0 Å². The van der Waals surface area contributed by atoms with Gasteiger partial charge in [-0.2, -0.15) is 5.26 Å². The fraction of sp³-hybridized carbons (Fsp3) is 0.111. The highest BCUT2D eigenvalue weighted by Crippen LogP contribution is 2.25. The van der Waals surface area contributed by atoms with Crippen LogP contribution >= 0.6 is 23.2 Å². The largest absolute Gasteiger partial charge is 0.392 e. The Morgan fingerprint density at radius 3 is 2.44 bits per heavy atom. The van der Waals surface area contributed by atoms with Gasteiger partial charge in [-0.25, -0.2) is 0 Å². The van der Waals surface area contributed by atoms with Crippen molar-refractivity contribution in [3.63, 3.8) is 0 Å². The van der Waals surface area contributed by atoms with E-state index in [0.29, 0.717) is 17.3 Å². The first-order chi connectivity index (χ1) is 12.0. The zero-order valence-electron chi connectivity index (χ0n) is 13.1. The molecule has 0 spiro atoms. The average molecular weight is 376 g/mol. The molecule has 0 saturated carbocycles. The summed E-state index contributed by atoms with van der Waals surface area (Å²) in [5.74, 6) is -0.574. The van der Waals surface area contributed by atoms with Crippen LogP contribution in [-0.2, 0) is 17.9 Å². The molecule has 0 unspecified atom stereocenters. The van der Waals surface area contributed by atoms with Crippen LogP contribution in [0, 0.1) is 11.3 Å². The molecule has 5 nitrogen and oxygen atoms in total. The number of nitriles is 1. The average Bonchev–Trinajstić information content (AvgIpc) is 2.61. The molecular weight excluding hydrogens is 361 g/mol. The van der Waals surface area contributed by atoms with E-state index in [1.54, 1.807) is 24.3 Å². The molecule has 25 heavy (non-hydrogen) atoms. The molecule has 0 aliphatic rings. The summed E-state index contributed by atoms with van der Waals surface area (Å²) in [6.45, 7) is 0.422. The Balaban J connectivity index is 1.98. The Labute approximate surface area is 155 Å². The first-order valence-electron chi connectivity index (χ1n) is 7.32. The molecule has 0 saturated heterocycles. The molecule has 3 N–H and O–H groups in total. The molecule has 2 rings (SSSR count). The van der Waals surface area contributed by atoms with Gasteiger partial charge >= 0.3 is 0 Å². The number of carbonyl (C=O) groups excluding carboxylic acids is 1. The molecule has 0 aliphatic carbocycles. The third-order valence-electron chi connectivity index (χ3n) is 3.30. The second-order valence-corrected chi connectivity index (χ2v) is 5.95. The summed E-state index contributed by atoms with van der Waals surface area (Å²) in [6, 6.07) is 13.8. The number of carbonyl (C=O) groups is 1. The highest BCUT2D eigenvalue weighted by atomic mass is 35.5. The number of benzene rings is 2. The SMILES string of the molecule is N#C/C(=C/NCc1ccc(CO)cc1)C(=O)Nc1ccc(Cl)cc1Cl. The molecule has 0 fully saturated rings. The summed E-state index contributed by atoms with van der Waals surface area (Å²) in [6.07, 6.45) is 1.35. The molecule has 2 aromatic rings. The normalized spacial score (nSPS) is 10.9. The van der Waals surface area contributed by atoms with Crippen LogP contribution in [0.15, 0.2) is 54.2 Å². The van der Waals surface area contributed by atoms with Crippen LogP contribution in [0.5, 0.6) is 0 Å². The fourth-order valence-electron chi connectivity index (χ4n) is 1.96. The van der Waals surface area contributed by atoms with Gasteiger partial charge in [-0.05, 0) is 29.3 Å². The molecule has 2 aromatic carbocycles.